The highest BCUT2D eigenvalue weighted by Crippen LogP contribution is 2.20. The first-order valence-electron chi connectivity index (χ1n) is 3.55. The Bertz CT molecular complexity index is 161. The monoisotopic (exact) mass is 122 g/mol. The van der Waals surface area contributed by atoms with Gasteiger partial charge in [-0.05, 0) is 26.2 Å². The SMILES string of the molecule is CC1=CCC(C)C=C1C. The van der Waals surface area contributed by atoms with E-state index in [0.29, 0.717) is 0 Å². The molecule has 1 unspecified atom stereocenters. The molecule has 0 N–H and O–H groups in total. The molecule has 0 heteroatoms. The van der Waals surface area contributed by atoms with Crippen LogP contribution in [0.3, 0.4) is 0 Å². The fraction of sp³-hybridized carbons (Fsp3) is 0.556. The van der Waals surface area contributed by atoms with Crippen molar-refractivity contribution in [2.45, 2.75) is 27.2 Å². The zero-order chi connectivity index (χ0) is 6.85. The van der Waals surface area contributed by atoms with E-state index in [1.165, 1.54) is 17.6 Å². The molecule has 0 aromatic heterocycles. The van der Waals surface area contributed by atoms with E-state index in [2.05, 4.69) is 32.9 Å². The van der Waals surface area contributed by atoms with Crippen molar-refractivity contribution >= 4 is 0 Å². The molecule has 1 rings (SSSR count). The van der Waals surface area contributed by atoms with Crippen LogP contribution in [0.1, 0.15) is 27.2 Å². The first kappa shape index (κ1) is 6.60. The zero-order valence-electron chi connectivity index (χ0n) is 6.44. The Morgan fingerprint density at radius 1 is 1.33 bits per heavy atom. The van der Waals surface area contributed by atoms with Gasteiger partial charge in [0.1, 0.15) is 0 Å². The first-order valence-corrected chi connectivity index (χ1v) is 3.55. The Labute approximate surface area is 57.3 Å². The standard InChI is InChI=1S/C9H14/c1-7-4-5-8(2)9(3)6-7/h5-7H,4H2,1-3H3. The third kappa shape index (κ3) is 1.44. The van der Waals surface area contributed by atoms with Crippen molar-refractivity contribution < 1.29 is 0 Å². The summed E-state index contributed by atoms with van der Waals surface area (Å²) in [6.45, 7) is 6.62. The molecule has 1 aliphatic rings. The highest BCUT2D eigenvalue weighted by molar-refractivity contribution is 5.30. The molecule has 0 fully saturated rings. The molecule has 0 saturated carbocycles. The minimum Gasteiger partial charge on any atom is -0.0808 e. The number of allylic oxidation sites excluding steroid dienone is 4. The van der Waals surface area contributed by atoms with E-state index in [1.54, 1.807) is 0 Å². The van der Waals surface area contributed by atoms with E-state index in [-0.39, 0.29) is 0 Å². The van der Waals surface area contributed by atoms with Gasteiger partial charge in [0.05, 0.1) is 0 Å². The molecular weight excluding hydrogens is 108 g/mol. The lowest BCUT2D eigenvalue weighted by Crippen LogP contribution is -1.96. The predicted molar refractivity (Wildman–Crippen MR) is 41.3 cm³/mol. The number of hydrogen-bond donors (Lipinski definition) is 0. The molecule has 0 heterocycles. The van der Waals surface area contributed by atoms with Crippen molar-refractivity contribution in [1.82, 2.24) is 0 Å². The fourth-order valence-electron chi connectivity index (χ4n) is 1.15. The summed E-state index contributed by atoms with van der Waals surface area (Å²) in [6, 6.07) is 0. The Morgan fingerprint density at radius 2 is 2.00 bits per heavy atom. The molecule has 0 amide bonds. The molecule has 0 aromatic rings. The van der Waals surface area contributed by atoms with Crippen LogP contribution < -0.4 is 0 Å². The lowest BCUT2D eigenvalue weighted by atomic mass is 9.94. The molecule has 50 valence electrons. The summed E-state index contributed by atoms with van der Waals surface area (Å²) in [7, 11) is 0. The summed E-state index contributed by atoms with van der Waals surface area (Å²) in [5.74, 6) is 0.758. The van der Waals surface area contributed by atoms with Gasteiger partial charge in [-0.2, -0.15) is 0 Å². The largest absolute Gasteiger partial charge is 0.0808 e. The maximum atomic E-state index is 2.34. The Balaban J connectivity index is 2.75. The topological polar surface area (TPSA) is 0 Å². The molecule has 0 aromatic carbocycles. The molecule has 0 aliphatic heterocycles. The van der Waals surface area contributed by atoms with Gasteiger partial charge in [-0.25, -0.2) is 0 Å². The van der Waals surface area contributed by atoms with Crippen LogP contribution in [-0.4, -0.2) is 0 Å². The summed E-state index contributed by atoms with van der Waals surface area (Å²) in [5.41, 5.74) is 2.90. The second kappa shape index (κ2) is 2.38. The second-order valence-electron chi connectivity index (χ2n) is 2.95. The Morgan fingerprint density at radius 3 is 2.44 bits per heavy atom. The van der Waals surface area contributed by atoms with Crippen molar-refractivity contribution in [2.75, 3.05) is 0 Å². The molecule has 0 radical (unpaired) electrons. The molecule has 0 spiro atoms. The van der Waals surface area contributed by atoms with Crippen molar-refractivity contribution in [3.8, 4) is 0 Å². The van der Waals surface area contributed by atoms with E-state index in [4.69, 9.17) is 0 Å². The van der Waals surface area contributed by atoms with E-state index in [9.17, 15) is 0 Å². The molecule has 9 heavy (non-hydrogen) atoms. The van der Waals surface area contributed by atoms with Crippen LogP contribution >= 0.6 is 0 Å². The van der Waals surface area contributed by atoms with Crippen LogP contribution in [0.4, 0.5) is 0 Å². The van der Waals surface area contributed by atoms with Crippen LogP contribution in [-0.2, 0) is 0 Å². The normalized spacial score (nSPS) is 27.2. The van der Waals surface area contributed by atoms with Crippen molar-refractivity contribution in [1.29, 1.82) is 0 Å². The summed E-state index contributed by atoms with van der Waals surface area (Å²) >= 11 is 0. The summed E-state index contributed by atoms with van der Waals surface area (Å²) < 4.78 is 0. The van der Waals surface area contributed by atoms with Crippen molar-refractivity contribution in [3.63, 3.8) is 0 Å². The van der Waals surface area contributed by atoms with E-state index in [0.717, 1.165) is 5.92 Å². The lowest BCUT2D eigenvalue weighted by Gasteiger charge is -2.12. The molecular formula is C9H14. The summed E-state index contributed by atoms with van der Waals surface area (Å²) in [4.78, 5) is 0. The Hall–Kier alpha value is -0.520. The zero-order valence-corrected chi connectivity index (χ0v) is 6.44. The molecule has 0 saturated heterocycles. The van der Waals surface area contributed by atoms with Gasteiger partial charge in [0.15, 0.2) is 0 Å². The smallest absolute Gasteiger partial charge is 0.0221 e. The van der Waals surface area contributed by atoms with Gasteiger partial charge < -0.3 is 0 Å². The summed E-state index contributed by atoms with van der Waals surface area (Å²) in [5, 5.41) is 0. The maximum Gasteiger partial charge on any atom is -0.0221 e. The van der Waals surface area contributed by atoms with Gasteiger partial charge in [0.25, 0.3) is 0 Å². The van der Waals surface area contributed by atoms with Gasteiger partial charge in [0, 0.05) is 0 Å². The molecule has 0 bridgehead atoms. The second-order valence-corrected chi connectivity index (χ2v) is 2.95. The van der Waals surface area contributed by atoms with Crippen LogP contribution in [0.25, 0.3) is 0 Å². The number of hydrogen-bond acceptors (Lipinski definition) is 0. The van der Waals surface area contributed by atoms with E-state index < -0.39 is 0 Å². The predicted octanol–water partition coefficient (Wildman–Crippen LogP) is 2.92. The van der Waals surface area contributed by atoms with Gasteiger partial charge in [-0.1, -0.05) is 30.2 Å². The third-order valence-electron chi connectivity index (χ3n) is 1.95. The average molecular weight is 122 g/mol. The van der Waals surface area contributed by atoms with Crippen LogP contribution in [0.15, 0.2) is 23.3 Å². The summed E-state index contributed by atoms with van der Waals surface area (Å²) in [6.07, 6.45) is 5.89. The van der Waals surface area contributed by atoms with Crippen LogP contribution in [0.2, 0.25) is 0 Å². The third-order valence-corrected chi connectivity index (χ3v) is 1.95. The van der Waals surface area contributed by atoms with E-state index >= 15 is 0 Å². The lowest BCUT2D eigenvalue weighted by molar-refractivity contribution is 0.722. The highest BCUT2D eigenvalue weighted by atomic mass is 14.1. The highest BCUT2D eigenvalue weighted by Gasteiger charge is 2.03. The minimum atomic E-state index is 0.758. The average Bonchev–Trinajstić information content (AvgIpc) is 1.80. The number of rotatable bonds is 0. The van der Waals surface area contributed by atoms with Crippen LogP contribution in [0.5, 0.6) is 0 Å². The van der Waals surface area contributed by atoms with Crippen molar-refractivity contribution in [3.05, 3.63) is 23.3 Å². The fourth-order valence-corrected chi connectivity index (χ4v) is 1.15. The molecule has 1 atom stereocenters. The van der Waals surface area contributed by atoms with E-state index in [1.807, 2.05) is 0 Å². The molecule has 0 nitrogen and oxygen atoms in total. The quantitative estimate of drug-likeness (QED) is 0.463. The minimum absolute atomic E-state index is 0.758. The van der Waals surface area contributed by atoms with Gasteiger partial charge >= 0.3 is 0 Å². The van der Waals surface area contributed by atoms with Gasteiger partial charge in [-0.15, -0.1) is 0 Å². The first-order chi connectivity index (χ1) is 4.20. The van der Waals surface area contributed by atoms with Crippen LogP contribution in [0, 0.1) is 5.92 Å². The Kier molecular flexibility index (Phi) is 1.75. The molecule has 1 aliphatic carbocycles. The van der Waals surface area contributed by atoms with Gasteiger partial charge in [-0.3, -0.25) is 0 Å². The van der Waals surface area contributed by atoms with Gasteiger partial charge in [0.2, 0.25) is 0 Å². The maximum absolute atomic E-state index is 2.34. The van der Waals surface area contributed by atoms with Crippen molar-refractivity contribution in [2.24, 2.45) is 5.92 Å².